The van der Waals surface area contributed by atoms with E-state index in [0.717, 1.165) is 12.8 Å². The van der Waals surface area contributed by atoms with Crippen LogP contribution in [0.3, 0.4) is 0 Å². The van der Waals surface area contributed by atoms with Crippen LogP contribution in [0.5, 0.6) is 0 Å². The highest BCUT2D eigenvalue weighted by Gasteiger charge is 2.34. The third kappa shape index (κ3) is 3.57. The van der Waals surface area contributed by atoms with E-state index in [1.165, 1.54) is 44.9 Å². The van der Waals surface area contributed by atoms with Gasteiger partial charge in [-0.25, -0.2) is 4.79 Å². The molecule has 132 valence electrons. The van der Waals surface area contributed by atoms with E-state index in [0.29, 0.717) is 11.8 Å². The Hall–Kier alpha value is -1.98. The number of amides is 3. The minimum absolute atomic E-state index is 0.122. The Kier molecular flexibility index (Phi) is 5.11. The smallest absolute Gasteiger partial charge is 0.323 e. The molecular weight excluding hydrogens is 304 g/mol. The Morgan fingerprint density at radius 2 is 1.71 bits per heavy atom. The summed E-state index contributed by atoms with van der Waals surface area (Å²) in [5.41, 5.74) is 6.51. The summed E-state index contributed by atoms with van der Waals surface area (Å²) in [4.78, 5) is 24.2. The monoisotopic (exact) mass is 332 g/mol. The average molecular weight is 332 g/mol. The molecule has 5 N–H and O–H groups in total. The first-order chi connectivity index (χ1) is 11.6. The third-order valence-electron chi connectivity index (χ3n) is 5.72. The molecule has 0 aromatic heterocycles. The maximum absolute atomic E-state index is 12.7. The van der Waals surface area contributed by atoms with Crippen LogP contribution >= 0.6 is 0 Å². The standard InChI is InChI=1S/C18H28N4O2/c1-11-15(19)16(22-18(24)20-11)17(23)21-14-10-6-5-9-13(14)12-7-3-2-4-8-12/h12-14H,1-10,19H2,(H,21,23)(H2,20,22,24). The molecule has 3 aliphatic rings. The second kappa shape index (κ2) is 7.28. The SMILES string of the molecule is C=C1NC(=O)NC(C(=O)NC2CCCCC2C2CCCCC2)=C1N. The minimum atomic E-state index is -0.466. The van der Waals surface area contributed by atoms with Crippen molar-refractivity contribution in [3.8, 4) is 0 Å². The number of nitrogens with two attached hydrogens (primary N) is 1. The van der Waals surface area contributed by atoms with E-state index in [1.807, 2.05) is 0 Å². The van der Waals surface area contributed by atoms with Crippen molar-refractivity contribution in [2.75, 3.05) is 0 Å². The predicted molar refractivity (Wildman–Crippen MR) is 92.5 cm³/mol. The highest BCUT2D eigenvalue weighted by atomic mass is 16.2. The van der Waals surface area contributed by atoms with Crippen molar-refractivity contribution in [3.05, 3.63) is 23.7 Å². The first-order valence-corrected chi connectivity index (χ1v) is 9.14. The Balaban J connectivity index is 1.70. The molecule has 2 saturated carbocycles. The normalized spacial score (nSPS) is 29.0. The molecule has 3 rings (SSSR count). The van der Waals surface area contributed by atoms with Crippen molar-refractivity contribution < 1.29 is 9.59 Å². The van der Waals surface area contributed by atoms with Gasteiger partial charge in [-0.1, -0.05) is 51.5 Å². The molecule has 2 aliphatic carbocycles. The van der Waals surface area contributed by atoms with Crippen LogP contribution in [0.15, 0.2) is 23.7 Å². The van der Waals surface area contributed by atoms with E-state index in [-0.39, 0.29) is 29.0 Å². The van der Waals surface area contributed by atoms with Crippen molar-refractivity contribution in [1.29, 1.82) is 0 Å². The zero-order valence-corrected chi connectivity index (χ0v) is 14.2. The fraction of sp³-hybridized carbons (Fsp3) is 0.667. The lowest BCUT2D eigenvalue weighted by Gasteiger charge is -2.39. The number of carbonyl (C=O) groups is 2. The number of rotatable bonds is 3. The Bertz CT molecular complexity index is 563. The molecule has 0 saturated heterocycles. The number of hydrogen-bond acceptors (Lipinski definition) is 3. The van der Waals surface area contributed by atoms with Gasteiger partial charge < -0.3 is 21.7 Å². The van der Waals surface area contributed by atoms with E-state index in [4.69, 9.17) is 5.73 Å². The minimum Gasteiger partial charge on any atom is -0.395 e. The quantitative estimate of drug-likeness (QED) is 0.638. The largest absolute Gasteiger partial charge is 0.395 e. The van der Waals surface area contributed by atoms with Crippen LogP contribution in [0, 0.1) is 11.8 Å². The molecule has 0 aromatic rings. The molecule has 6 heteroatoms. The van der Waals surface area contributed by atoms with E-state index >= 15 is 0 Å². The van der Waals surface area contributed by atoms with Gasteiger partial charge >= 0.3 is 6.03 Å². The van der Waals surface area contributed by atoms with Crippen LogP contribution in [-0.2, 0) is 4.79 Å². The van der Waals surface area contributed by atoms with Crippen molar-refractivity contribution in [2.45, 2.75) is 63.8 Å². The van der Waals surface area contributed by atoms with Crippen LogP contribution in [0.1, 0.15) is 57.8 Å². The first kappa shape index (κ1) is 16.9. The number of urea groups is 1. The molecule has 0 bridgehead atoms. The Morgan fingerprint density at radius 3 is 2.46 bits per heavy atom. The molecule has 2 atom stereocenters. The highest BCUT2D eigenvalue weighted by molar-refractivity contribution is 6.00. The van der Waals surface area contributed by atoms with E-state index < -0.39 is 6.03 Å². The van der Waals surface area contributed by atoms with Crippen molar-refractivity contribution >= 4 is 11.9 Å². The number of hydrogen-bond donors (Lipinski definition) is 4. The fourth-order valence-corrected chi connectivity index (χ4v) is 4.45. The summed E-state index contributed by atoms with van der Waals surface area (Å²) in [6.45, 7) is 3.68. The van der Waals surface area contributed by atoms with Crippen LogP contribution in [-0.4, -0.2) is 18.0 Å². The number of carbonyl (C=O) groups excluding carboxylic acids is 2. The zero-order chi connectivity index (χ0) is 17.1. The summed E-state index contributed by atoms with van der Waals surface area (Å²) in [6.07, 6.45) is 11.1. The molecule has 6 nitrogen and oxygen atoms in total. The second-order valence-electron chi connectivity index (χ2n) is 7.27. The summed E-state index contributed by atoms with van der Waals surface area (Å²) < 4.78 is 0. The molecule has 0 spiro atoms. The molecule has 0 aromatic carbocycles. The second-order valence-corrected chi connectivity index (χ2v) is 7.27. The van der Waals surface area contributed by atoms with Gasteiger partial charge in [0.2, 0.25) is 0 Å². The third-order valence-corrected chi connectivity index (χ3v) is 5.72. The molecule has 2 unspecified atom stereocenters. The van der Waals surface area contributed by atoms with Crippen molar-refractivity contribution in [2.24, 2.45) is 17.6 Å². The van der Waals surface area contributed by atoms with Crippen molar-refractivity contribution in [3.63, 3.8) is 0 Å². The van der Waals surface area contributed by atoms with Crippen LogP contribution in [0.4, 0.5) is 4.79 Å². The molecular formula is C18H28N4O2. The maximum Gasteiger partial charge on any atom is 0.323 e. The summed E-state index contributed by atoms with van der Waals surface area (Å²) in [7, 11) is 0. The maximum atomic E-state index is 12.7. The molecule has 2 fully saturated rings. The van der Waals surface area contributed by atoms with Gasteiger partial charge in [0.05, 0.1) is 11.4 Å². The van der Waals surface area contributed by atoms with Gasteiger partial charge in [-0.3, -0.25) is 4.79 Å². The Morgan fingerprint density at radius 1 is 1.04 bits per heavy atom. The van der Waals surface area contributed by atoms with Gasteiger partial charge in [0.15, 0.2) is 0 Å². The average Bonchev–Trinajstić information content (AvgIpc) is 2.59. The van der Waals surface area contributed by atoms with E-state index in [1.54, 1.807) is 0 Å². The highest BCUT2D eigenvalue weighted by Crippen LogP contribution is 2.38. The van der Waals surface area contributed by atoms with Crippen molar-refractivity contribution in [1.82, 2.24) is 16.0 Å². The topological polar surface area (TPSA) is 96.2 Å². The predicted octanol–water partition coefficient (Wildman–Crippen LogP) is 2.24. The van der Waals surface area contributed by atoms with E-state index in [9.17, 15) is 9.59 Å². The van der Waals surface area contributed by atoms with Gasteiger partial charge in [-0.2, -0.15) is 0 Å². The Labute approximate surface area is 143 Å². The lowest BCUT2D eigenvalue weighted by Crippen LogP contribution is -2.51. The molecule has 24 heavy (non-hydrogen) atoms. The fourth-order valence-electron chi connectivity index (χ4n) is 4.45. The van der Waals surface area contributed by atoms with E-state index in [2.05, 4.69) is 22.5 Å². The zero-order valence-electron chi connectivity index (χ0n) is 14.2. The number of nitrogens with one attached hydrogen (secondary N) is 3. The van der Waals surface area contributed by atoms with Gasteiger partial charge in [0, 0.05) is 6.04 Å². The van der Waals surface area contributed by atoms with Crippen LogP contribution in [0.2, 0.25) is 0 Å². The van der Waals surface area contributed by atoms with Crippen LogP contribution in [0.25, 0.3) is 0 Å². The summed E-state index contributed by atoms with van der Waals surface area (Å²) in [5.74, 6) is 0.968. The summed E-state index contributed by atoms with van der Waals surface area (Å²) in [6, 6.07) is -0.290. The van der Waals surface area contributed by atoms with Gasteiger partial charge in [-0.05, 0) is 24.7 Å². The summed E-state index contributed by atoms with van der Waals surface area (Å²) in [5, 5.41) is 8.13. The van der Waals surface area contributed by atoms with Gasteiger partial charge in [0.25, 0.3) is 5.91 Å². The molecule has 3 amide bonds. The molecule has 1 aliphatic heterocycles. The van der Waals surface area contributed by atoms with Gasteiger partial charge in [-0.15, -0.1) is 0 Å². The first-order valence-electron chi connectivity index (χ1n) is 9.14. The lowest BCUT2D eigenvalue weighted by atomic mass is 9.71. The van der Waals surface area contributed by atoms with Crippen LogP contribution < -0.4 is 21.7 Å². The lowest BCUT2D eigenvalue weighted by molar-refractivity contribution is -0.119. The summed E-state index contributed by atoms with van der Waals surface area (Å²) >= 11 is 0. The molecule has 1 heterocycles. The van der Waals surface area contributed by atoms with Gasteiger partial charge in [0.1, 0.15) is 5.70 Å². The molecule has 0 radical (unpaired) electrons.